The lowest BCUT2D eigenvalue weighted by atomic mass is 10.1. The van der Waals surface area contributed by atoms with Crippen LogP contribution in [0.2, 0.25) is 10.0 Å². The molecule has 0 amide bonds. The number of carbonyl (C=O) groups is 1. The zero-order valence-electron chi connectivity index (χ0n) is 16.8. The minimum Gasteiger partial charge on any atom is -0.480 e. The van der Waals surface area contributed by atoms with Gasteiger partial charge >= 0.3 is 5.97 Å². The topological polar surface area (TPSA) is 135 Å². The van der Waals surface area contributed by atoms with Crippen molar-refractivity contribution >= 4 is 49.9 Å². The summed E-state index contributed by atoms with van der Waals surface area (Å²) in [6.45, 7) is 0. The minimum atomic E-state index is -3.79. The Morgan fingerprint density at radius 1 is 1.12 bits per heavy atom. The average Bonchev–Trinajstić information content (AvgIpc) is 3.21. The van der Waals surface area contributed by atoms with Crippen LogP contribution in [0.1, 0.15) is 5.56 Å². The SMILES string of the molecule is N[C@@H](Cc1cc(Cl)c(Oc2ccc3[nH]cc(S(=O)(=O)c4ccncc4)c3c2)c(Cl)c1)C(=O)O. The number of carboxylic acids is 1. The van der Waals surface area contributed by atoms with Gasteiger partial charge in [-0.2, -0.15) is 0 Å². The van der Waals surface area contributed by atoms with Crippen LogP contribution in [0.3, 0.4) is 0 Å². The van der Waals surface area contributed by atoms with Crippen LogP contribution in [0.5, 0.6) is 11.5 Å². The molecule has 0 aliphatic rings. The van der Waals surface area contributed by atoms with E-state index in [0.717, 1.165) is 0 Å². The van der Waals surface area contributed by atoms with Gasteiger partial charge in [0.2, 0.25) is 9.84 Å². The Labute approximate surface area is 198 Å². The number of aliphatic carboxylic acids is 1. The van der Waals surface area contributed by atoms with Crippen LogP contribution in [0.15, 0.2) is 70.8 Å². The molecule has 170 valence electrons. The van der Waals surface area contributed by atoms with E-state index in [4.69, 9.17) is 38.8 Å². The quantitative estimate of drug-likeness (QED) is 0.337. The van der Waals surface area contributed by atoms with E-state index in [2.05, 4.69) is 9.97 Å². The third-order valence-corrected chi connectivity index (χ3v) is 7.29. The first-order valence-electron chi connectivity index (χ1n) is 9.57. The van der Waals surface area contributed by atoms with Crippen LogP contribution >= 0.6 is 23.2 Å². The molecule has 0 bridgehead atoms. The highest BCUT2D eigenvalue weighted by molar-refractivity contribution is 7.91. The highest BCUT2D eigenvalue weighted by Crippen LogP contribution is 2.39. The van der Waals surface area contributed by atoms with E-state index in [9.17, 15) is 13.2 Å². The number of hydrogen-bond acceptors (Lipinski definition) is 6. The summed E-state index contributed by atoms with van der Waals surface area (Å²) in [4.78, 5) is 18.0. The normalized spacial score (nSPS) is 12.6. The number of ether oxygens (including phenoxy) is 1. The summed E-state index contributed by atoms with van der Waals surface area (Å²) in [6.07, 6.45) is 4.28. The molecule has 0 saturated heterocycles. The predicted molar refractivity (Wildman–Crippen MR) is 124 cm³/mol. The number of carboxylic acid groups (broad SMARTS) is 1. The molecule has 4 N–H and O–H groups in total. The van der Waals surface area contributed by atoms with E-state index in [-0.39, 0.29) is 32.0 Å². The Bertz CT molecular complexity index is 1430. The Balaban J connectivity index is 1.68. The number of aromatic amines is 1. The van der Waals surface area contributed by atoms with Crippen LogP contribution in [0.4, 0.5) is 0 Å². The molecule has 0 radical (unpaired) electrons. The Kier molecular flexibility index (Phi) is 6.31. The number of nitrogens with zero attached hydrogens (tertiary/aromatic N) is 1. The van der Waals surface area contributed by atoms with Gasteiger partial charge in [-0.3, -0.25) is 9.78 Å². The predicted octanol–water partition coefficient (Wildman–Crippen LogP) is 4.45. The molecule has 0 fully saturated rings. The van der Waals surface area contributed by atoms with Gasteiger partial charge in [-0.15, -0.1) is 0 Å². The van der Waals surface area contributed by atoms with E-state index < -0.39 is 21.8 Å². The molecule has 8 nitrogen and oxygen atoms in total. The van der Waals surface area contributed by atoms with Crippen LogP contribution in [0.25, 0.3) is 10.9 Å². The summed E-state index contributed by atoms with van der Waals surface area (Å²) in [5.74, 6) is -0.675. The zero-order chi connectivity index (χ0) is 23.8. The highest BCUT2D eigenvalue weighted by atomic mass is 35.5. The molecule has 11 heteroatoms. The van der Waals surface area contributed by atoms with Gasteiger partial charge < -0.3 is 20.6 Å². The van der Waals surface area contributed by atoms with Crippen molar-refractivity contribution in [3.63, 3.8) is 0 Å². The van der Waals surface area contributed by atoms with Crippen LogP contribution in [-0.2, 0) is 21.1 Å². The molecule has 0 aliphatic heterocycles. The Morgan fingerprint density at radius 3 is 2.42 bits per heavy atom. The summed E-state index contributed by atoms with van der Waals surface area (Å²) >= 11 is 12.6. The summed E-state index contributed by atoms with van der Waals surface area (Å²) in [6, 6.07) is 9.69. The molecule has 1 atom stereocenters. The van der Waals surface area contributed by atoms with Crippen molar-refractivity contribution in [2.75, 3.05) is 0 Å². The van der Waals surface area contributed by atoms with Gasteiger partial charge in [-0.25, -0.2) is 8.42 Å². The summed E-state index contributed by atoms with van der Waals surface area (Å²) < 4.78 is 32.0. The van der Waals surface area contributed by atoms with Crippen molar-refractivity contribution in [3.8, 4) is 11.5 Å². The number of benzene rings is 2. The molecular weight excluding hydrogens is 489 g/mol. The standard InChI is InChI=1S/C22H17Cl2N3O5S/c23-16-7-12(9-18(25)22(28)29)8-17(24)21(16)32-13-1-2-19-15(10-13)20(11-27-19)33(30,31)14-3-5-26-6-4-14/h1-8,10-11,18,27H,9,25H2,(H,28,29)/t18-/m0/s1. The maximum Gasteiger partial charge on any atom is 0.320 e. The second-order valence-corrected chi connectivity index (χ2v) is 9.92. The van der Waals surface area contributed by atoms with Gasteiger partial charge in [0.25, 0.3) is 0 Å². The second-order valence-electron chi connectivity index (χ2n) is 7.19. The fourth-order valence-corrected chi connectivity index (χ4v) is 5.31. The number of nitrogens with two attached hydrogens (primary N) is 1. The maximum atomic E-state index is 13.1. The van der Waals surface area contributed by atoms with Gasteiger partial charge in [-0.1, -0.05) is 23.2 Å². The van der Waals surface area contributed by atoms with E-state index in [0.29, 0.717) is 22.2 Å². The van der Waals surface area contributed by atoms with Crippen molar-refractivity contribution in [2.45, 2.75) is 22.3 Å². The van der Waals surface area contributed by atoms with Gasteiger partial charge in [0, 0.05) is 29.5 Å². The average molecular weight is 506 g/mol. The molecule has 2 aromatic heterocycles. The smallest absolute Gasteiger partial charge is 0.320 e. The van der Waals surface area contributed by atoms with Crippen molar-refractivity contribution in [1.29, 1.82) is 0 Å². The Morgan fingerprint density at radius 2 is 1.79 bits per heavy atom. The molecule has 4 rings (SSSR count). The number of pyridine rings is 1. The second kappa shape index (κ2) is 9.03. The van der Waals surface area contributed by atoms with Crippen molar-refractivity contribution in [3.05, 3.63) is 76.7 Å². The maximum absolute atomic E-state index is 13.1. The lowest BCUT2D eigenvalue weighted by molar-refractivity contribution is -0.138. The third-order valence-electron chi connectivity index (χ3n) is 4.92. The van der Waals surface area contributed by atoms with E-state index in [1.54, 1.807) is 18.2 Å². The lowest BCUT2D eigenvalue weighted by Gasteiger charge is -2.13. The van der Waals surface area contributed by atoms with Crippen molar-refractivity contribution < 1.29 is 23.1 Å². The molecule has 0 saturated carbocycles. The van der Waals surface area contributed by atoms with Gasteiger partial charge in [0.15, 0.2) is 5.75 Å². The highest BCUT2D eigenvalue weighted by Gasteiger charge is 2.22. The first kappa shape index (κ1) is 23.1. The largest absolute Gasteiger partial charge is 0.480 e. The molecule has 0 spiro atoms. The number of aromatic nitrogens is 2. The number of halogens is 2. The first-order valence-corrected chi connectivity index (χ1v) is 11.8. The molecule has 0 unspecified atom stereocenters. The van der Waals surface area contributed by atoms with Crippen molar-refractivity contribution in [2.24, 2.45) is 5.73 Å². The number of nitrogens with one attached hydrogen (secondary N) is 1. The lowest BCUT2D eigenvalue weighted by Crippen LogP contribution is -2.32. The summed E-state index contributed by atoms with van der Waals surface area (Å²) in [5.41, 5.74) is 6.71. The number of sulfone groups is 1. The molecule has 2 aromatic carbocycles. The molecule has 2 heterocycles. The Hall–Kier alpha value is -3.11. The zero-order valence-corrected chi connectivity index (χ0v) is 19.2. The van der Waals surface area contributed by atoms with E-state index in [1.807, 2.05) is 0 Å². The van der Waals surface area contributed by atoms with E-state index >= 15 is 0 Å². The number of hydrogen-bond donors (Lipinski definition) is 3. The van der Waals surface area contributed by atoms with Crippen LogP contribution in [-0.4, -0.2) is 35.5 Å². The molecule has 33 heavy (non-hydrogen) atoms. The third kappa shape index (κ3) is 4.67. The van der Waals surface area contributed by atoms with Crippen LogP contribution in [0, 0.1) is 0 Å². The van der Waals surface area contributed by atoms with Gasteiger partial charge in [0.1, 0.15) is 11.8 Å². The van der Waals surface area contributed by atoms with Gasteiger partial charge in [-0.05, 0) is 54.4 Å². The monoisotopic (exact) mass is 505 g/mol. The molecular formula is C22H17Cl2N3O5S. The summed E-state index contributed by atoms with van der Waals surface area (Å²) in [5, 5.41) is 9.74. The summed E-state index contributed by atoms with van der Waals surface area (Å²) in [7, 11) is -3.79. The number of H-pyrrole nitrogens is 1. The van der Waals surface area contributed by atoms with Crippen LogP contribution < -0.4 is 10.5 Å². The number of rotatable bonds is 7. The molecule has 0 aliphatic carbocycles. The fourth-order valence-electron chi connectivity index (χ4n) is 3.29. The number of fused-ring (bicyclic) bond motifs is 1. The van der Waals surface area contributed by atoms with E-state index in [1.165, 1.54) is 42.9 Å². The first-order chi connectivity index (χ1) is 15.7. The minimum absolute atomic E-state index is 0.0423. The fraction of sp³-hybridized carbons (Fsp3) is 0.0909. The van der Waals surface area contributed by atoms with Gasteiger partial charge in [0.05, 0.1) is 19.8 Å². The molecule has 4 aromatic rings. The van der Waals surface area contributed by atoms with Crippen molar-refractivity contribution in [1.82, 2.24) is 9.97 Å².